The molecule has 0 saturated heterocycles. The molecule has 0 N–H and O–H groups in total. The molecule has 0 spiro atoms. The fraction of sp³-hybridized carbons (Fsp3) is 0.250. The summed E-state index contributed by atoms with van der Waals surface area (Å²) in [7, 11) is 0. The molecular formula is C16H18O2. The van der Waals surface area contributed by atoms with Crippen molar-refractivity contribution in [3.05, 3.63) is 66.2 Å². The average Bonchev–Trinajstić information content (AvgIpc) is 2.41. The van der Waals surface area contributed by atoms with Gasteiger partial charge in [-0.05, 0) is 31.0 Å². The first-order chi connectivity index (χ1) is 8.84. The van der Waals surface area contributed by atoms with Crippen LogP contribution in [-0.4, -0.2) is 12.9 Å². The van der Waals surface area contributed by atoms with E-state index in [0.29, 0.717) is 6.61 Å². The van der Waals surface area contributed by atoms with Gasteiger partial charge in [0, 0.05) is 0 Å². The number of benzene rings is 2. The summed E-state index contributed by atoms with van der Waals surface area (Å²) in [6.45, 7) is 2.58. The van der Waals surface area contributed by atoms with Gasteiger partial charge in [-0.1, -0.05) is 48.5 Å². The summed E-state index contributed by atoms with van der Waals surface area (Å²) >= 11 is 0. The Morgan fingerprint density at radius 3 is 2.17 bits per heavy atom. The largest absolute Gasteiger partial charge is 0.465 e. The van der Waals surface area contributed by atoms with Crippen LogP contribution in [0.5, 0.6) is 5.75 Å². The van der Waals surface area contributed by atoms with E-state index in [1.54, 1.807) is 0 Å². The van der Waals surface area contributed by atoms with Crippen molar-refractivity contribution >= 4 is 0 Å². The summed E-state index contributed by atoms with van der Waals surface area (Å²) in [6, 6.07) is 20.0. The Morgan fingerprint density at radius 1 is 0.889 bits per heavy atom. The Hall–Kier alpha value is -1.80. The van der Waals surface area contributed by atoms with Crippen molar-refractivity contribution in [2.24, 2.45) is 0 Å². The molecule has 0 bridgehead atoms. The van der Waals surface area contributed by atoms with E-state index in [1.807, 2.05) is 55.5 Å². The molecule has 0 amide bonds. The lowest BCUT2D eigenvalue weighted by Gasteiger charge is -2.15. The number of ether oxygens (including phenoxy) is 2. The molecule has 2 rings (SSSR count). The minimum absolute atomic E-state index is 0.226. The smallest absolute Gasteiger partial charge is 0.196 e. The molecule has 18 heavy (non-hydrogen) atoms. The van der Waals surface area contributed by atoms with Gasteiger partial charge in [0.1, 0.15) is 5.75 Å². The fourth-order valence-electron chi connectivity index (χ4n) is 1.71. The molecule has 0 fully saturated rings. The molecule has 94 valence electrons. The third kappa shape index (κ3) is 4.22. The van der Waals surface area contributed by atoms with Gasteiger partial charge in [0.25, 0.3) is 0 Å². The molecule has 1 unspecified atom stereocenters. The Labute approximate surface area is 108 Å². The van der Waals surface area contributed by atoms with Crippen molar-refractivity contribution in [2.45, 2.75) is 19.6 Å². The molecule has 2 heteroatoms. The average molecular weight is 242 g/mol. The van der Waals surface area contributed by atoms with Gasteiger partial charge in [0.2, 0.25) is 0 Å². The van der Waals surface area contributed by atoms with Crippen LogP contribution in [0.3, 0.4) is 0 Å². The van der Waals surface area contributed by atoms with Crippen molar-refractivity contribution < 1.29 is 9.47 Å². The van der Waals surface area contributed by atoms with Gasteiger partial charge in [-0.25, -0.2) is 0 Å². The van der Waals surface area contributed by atoms with E-state index >= 15 is 0 Å². The molecule has 0 aromatic heterocycles. The van der Waals surface area contributed by atoms with Gasteiger partial charge >= 0.3 is 0 Å². The minimum Gasteiger partial charge on any atom is -0.465 e. The fourth-order valence-corrected chi connectivity index (χ4v) is 1.71. The molecule has 2 aromatic carbocycles. The van der Waals surface area contributed by atoms with E-state index < -0.39 is 0 Å². The van der Waals surface area contributed by atoms with Crippen molar-refractivity contribution in [2.75, 3.05) is 6.61 Å². The quantitative estimate of drug-likeness (QED) is 0.719. The first-order valence-electron chi connectivity index (χ1n) is 6.22. The zero-order chi connectivity index (χ0) is 12.6. The molecule has 0 radical (unpaired) electrons. The minimum atomic E-state index is -0.226. The summed E-state index contributed by atoms with van der Waals surface area (Å²) in [5.74, 6) is 0.838. The van der Waals surface area contributed by atoms with E-state index in [-0.39, 0.29) is 6.29 Å². The maximum absolute atomic E-state index is 5.63. The van der Waals surface area contributed by atoms with E-state index in [1.165, 1.54) is 5.56 Å². The van der Waals surface area contributed by atoms with E-state index in [2.05, 4.69) is 12.1 Å². The second-order valence-corrected chi connectivity index (χ2v) is 4.10. The Bertz CT molecular complexity index is 439. The van der Waals surface area contributed by atoms with Crippen LogP contribution in [0, 0.1) is 0 Å². The van der Waals surface area contributed by atoms with E-state index in [4.69, 9.17) is 9.47 Å². The highest BCUT2D eigenvalue weighted by Crippen LogP contribution is 2.11. The number of rotatable bonds is 6. The molecule has 0 aliphatic carbocycles. The predicted octanol–water partition coefficient (Wildman–Crippen LogP) is 3.67. The molecule has 0 saturated carbocycles. The topological polar surface area (TPSA) is 18.5 Å². The van der Waals surface area contributed by atoms with Gasteiger partial charge in [-0.2, -0.15) is 0 Å². The lowest BCUT2D eigenvalue weighted by Crippen LogP contribution is -2.17. The van der Waals surface area contributed by atoms with Crippen molar-refractivity contribution in [1.82, 2.24) is 0 Å². The zero-order valence-electron chi connectivity index (χ0n) is 10.6. The Morgan fingerprint density at radius 2 is 1.50 bits per heavy atom. The summed E-state index contributed by atoms with van der Waals surface area (Å²) in [4.78, 5) is 0. The predicted molar refractivity (Wildman–Crippen MR) is 72.6 cm³/mol. The van der Waals surface area contributed by atoms with Crippen LogP contribution < -0.4 is 4.74 Å². The van der Waals surface area contributed by atoms with E-state index in [0.717, 1.165) is 12.2 Å². The number of para-hydroxylation sites is 1. The third-order valence-electron chi connectivity index (χ3n) is 2.63. The van der Waals surface area contributed by atoms with Crippen LogP contribution in [0.25, 0.3) is 0 Å². The van der Waals surface area contributed by atoms with E-state index in [9.17, 15) is 0 Å². The second kappa shape index (κ2) is 6.82. The summed E-state index contributed by atoms with van der Waals surface area (Å²) in [5.41, 5.74) is 1.28. The second-order valence-electron chi connectivity index (χ2n) is 4.10. The lowest BCUT2D eigenvalue weighted by atomic mass is 10.2. The van der Waals surface area contributed by atoms with Crippen molar-refractivity contribution in [3.63, 3.8) is 0 Å². The van der Waals surface area contributed by atoms with Crippen molar-refractivity contribution in [3.8, 4) is 5.75 Å². The lowest BCUT2D eigenvalue weighted by molar-refractivity contribution is -0.0654. The molecule has 0 heterocycles. The maximum atomic E-state index is 5.63. The SMILES string of the molecule is CC(OCCc1ccccc1)Oc1ccccc1. The maximum Gasteiger partial charge on any atom is 0.196 e. The van der Waals surface area contributed by atoms with Crippen LogP contribution >= 0.6 is 0 Å². The molecule has 2 nitrogen and oxygen atoms in total. The van der Waals surface area contributed by atoms with Crippen LogP contribution in [0.1, 0.15) is 12.5 Å². The van der Waals surface area contributed by atoms with Crippen LogP contribution in [-0.2, 0) is 11.2 Å². The monoisotopic (exact) mass is 242 g/mol. The van der Waals surface area contributed by atoms with Crippen LogP contribution in [0.2, 0.25) is 0 Å². The molecule has 1 atom stereocenters. The van der Waals surface area contributed by atoms with Gasteiger partial charge in [-0.3, -0.25) is 0 Å². The first kappa shape index (κ1) is 12.7. The molecule has 2 aromatic rings. The molecule has 0 aliphatic heterocycles. The Kier molecular flexibility index (Phi) is 4.79. The highest BCUT2D eigenvalue weighted by atomic mass is 16.7. The van der Waals surface area contributed by atoms with Crippen LogP contribution in [0.4, 0.5) is 0 Å². The highest BCUT2D eigenvalue weighted by Gasteiger charge is 2.03. The third-order valence-corrected chi connectivity index (χ3v) is 2.63. The molecular weight excluding hydrogens is 224 g/mol. The summed E-state index contributed by atoms with van der Waals surface area (Å²) in [6.07, 6.45) is 0.680. The van der Waals surface area contributed by atoms with Crippen molar-refractivity contribution in [1.29, 1.82) is 0 Å². The summed E-state index contributed by atoms with van der Waals surface area (Å²) in [5, 5.41) is 0. The summed E-state index contributed by atoms with van der Waals surface area (Å²) < 4.78 is 11.3. The van der Waals surface area contributed by atoms with Gasteiger partial charge in [-0.15, -0.1) is 0 Å². The normalized spacial score (nSPS) is 12.1. The zero-order valence-corrected chi connectivity index (χ0v) is 10.6. The highest BCUT2D eigenvalue weighted by molar-refractivity contribution is 5.21. The number of hydrogen-bond donors (Lipinski definition) is 0. The first-order valence-corrected chi connectivity index (χ1v) is 6.22. The standard InChI is InChI=1S/C16H18O2/c1-14(18-16-10-6-3-7-11-16)17-13-12-15-8-4-2-5-9-15/h2-11,14H,12-13H2,1H3. The van der Waals surface area contributed by atoms with Crippen LogP contribution in [0.15, 0.2) is 60.7 Å². The van der Waals surface area contributed by atoms with Gasteiger partial charge in [0.05, 0.1) is 6.61 Å². The Balaban J connectivity index is 1.71. The molecule has 0 aliphatic rings. The van der Waals surface area contributed by atoms with Gasteiger partial charge in [0.15, 0.2) is 6.29 Å². The number of hydrogen-bond acceptors (Lipinski definition) is 2. The van der Waals surface area contributed by atoms with Gasteiger partial charge < -0.3 is 9.47 Å².